The van der Waals surface area contributed by atoms with Gasteiger partial charge in [0.25, 0.3) is 10.0 Å². The highest BCUT2D eigenvalue weighted by molar-refractivity contribution is 7.91. The third-order valence-corrected chi connectivity index (χ3v) is 6.54. The molecule has 98 valence electrons. The third kappa shape index (κ3) is 3.23. The van der Waals surface area contributed by atoms with Crippen LogP contribution in [0.5, 0.6) is 0 Å². The number of nitrogens with one attached hydrogen (secondary N) is 1. The van der Waals surface area contributed by atoms with Crippen molar-refractivity contribution in [3.05, 3.63) is 31.5 Å². The average Bonchev–Trinajstić information content (AvgIpc) is 2.82. The summed E-state index contributed by atoms with van der Waals surface area (Å²) in [6.07, 6.45) is 0. The third-order valence-electron chi connectivity index (χ3n) is 2.04. The molecule has 0 radical (unpaired) electrons. The molecule has 0 aliphatic rings. The molecule has 0 saturated heterocycles. The number of nitrogens with zero attached hydrogens (tertiary/aromatic N) is 1. The Kier molecular flexibility index (Phi) is 4.30. The summed E-state index contributed by atoms with van der Waals surface area (Å²) in [6.45, 7) is 1.81. The second-order valence-electron chi connectivity index (χ2n) is 3.37. The van der Waals surface area contributed by atoms with Gasteiger partial charge in [-0.25, -0.2) is 18.1 Å². The van der Waals surface area contributed by atoms with Gasteiger partial charge in [-0.3, -0.25) is 0 Å². The minimum Gasteiger partial charge on any atom is -0.229 e. The summed E-state index contributed by atoms with van der Waals surface area (Å²) in [4.78, 5) is 4.73. The molecular formula is C9H8Cl2N2O2S3. The maximum Gasteiger partial charge on any atom is 0.252 e. The first-order valence-electron chi connectivity index (χ1n) is 4.75. The molecule has 0 aliphatic heterocycles. The van der Waals surface area contributed by atoms with Gasteiger partial charge < -0.3 is 0 Å². The second-order valence-corrected chi connectivity index (χ2v) is 8.71. The number of aryl methyl sites for hydroxylation is 1. The van der Waals surface area contributed by atoms with Gasteiger partial charge in [0.1, 0.15) is 0 Å². The van der Waals surface area contributed by atoms with Crippen molar-refractivity contribution in [1.29, 1.82) is 0 Å². The van der Waals surface area contributed by atoms with Crippen LogP contribution in [-0.2, 0) is 16.6 Å². The Morgan fingerprint density at radius 1 is 1.33 bits per heavy atom. The van der Waals surface area contributed by atoms with Gasteiger partial charge in [-0.1, -0.05) is 34.5 Å². The lowest BCUT2D eigenvalue weighted by atomic mass is 10.5. The molecule has 2 aromatic rings. The van der Waals surface area contributed by atoms with E-state index in [4.69, 9.17) is 23.2 Å². The highest BCUT2D eigenvalue weighted by atomic mass is 35.5. The predicted octanol–water partition coefficient (Wildman–Crippen LogP) is 3.30. The van der Waals surface area contributed by atoms with E-state index in [1.165, 1.54) is 11.3 Å². The standard InChI is InChI=1S/C9H8Cl2N2O2S3/c1-5-8(17-9(11)13-5)18(14,15)12-4-6-2-3-7(10)16-6/h2-3,12H,4H2,1H3. The normalized spacial score (nSPS) is 11.9. The zero-order valence-corrected chi connectivity index (χ0v) is 13.1. The average molecular weight is 343 g/mol. The van der Waals surface area contributed by atoms with Crippen molar-refractivity contribution >= 4 is 55.9 Å². The van der Waals surface area contributed by atoms with E-state index in [1.807, 2.05) is 0 Å². The van der Waals surface area contributed by atoms with E-state index >= 15 is 0 Å². The maximum absolute atomic E-state index is 12.0. The van der Waals surface area contributed by atoms with E-state index in [2.05, 4.69) is 9.71 Å². The number of hydrogen-bond acceptors (Lipinski definition) is 5. The highest BCUT2D eigenvalue weighted by Crippen LogP contribution is 2.27. The molecule has 9 heteroatoms. The summed E-state index contributed by atoms with van der Waals surface area (Å²) in [5.74, 6) is 0. The lowest BCUT2D eigenvalue weighted by Gasteiger charge is -2.03. The Hall–Kier alpha value is -0.180. The number of thiophene rings is 1. The quantitative estimate of drug-likeness (QED) is 0.927. The highest BCUT2D eigenvalue weighted by Gasteiger charge is 2.21. The fourth-order valence-electron chi connectivity index (χ4n) is 1.28. The topological polar surface area (TPSA) is 59.1 Å². The maximum atomic E-state index is 12.0. The predicted molar refractivity (Wildman–Crippen MR) is 75.2 cm³/mol. The van der Waals surface area contributed by atoms with Crippen LogP contribution in [0.4, 0.5) is 0 Å². The first-order chi connectivity index (χ1) is 8.38. The number of aromatic nitrogens is 1. The van der Waals surface area contributed by atoms with Gasteiger partial charge in [0.15, 0.2) is 8.68 Å². The Bertz CT molecular complexity index is 663. The van der Waals surface area contributed by atoms with Crippen molar-refractivity contribution in [2.75, 3.05) is 0 Å². The second kappa shape index (κ2) is 5.44. The fourth-order valence-corrected chi connectivity index (χ4v) is 5.18. The summed E-state index contributed by atoms with van der Waals surface area (Å²) in [6, 6.07) is 3.51. The van der Waals surface area contributed by atoms with Crippen molar-refractivity contribution in [2.45, 2.75) is 17.7 Å². The van der Waals surface area contributed by atoms with Gasteiger partial charge in [0.2, 0.25) is 0 Å². The minimum absolute atomic E-state index is 0.148. The molecule has 0 amide bonds. The Morgan fingerprint density at radius 3 is 2.56 bits per heavy atom. The van der Waals surface area contributed by atoms with Gasteiger partial charge in [-0.05, 0) is 19.1 Å². The summed E-state index contributed by atoms with van der Waals surface area (Å²) in [5.41, 5.74) is 0.404. The zero-order chi connectivity index (χ0) is 13.3. The molecule has 0 aliphatic carbocycles. The first kappa shape index (κ1) is 14.2. The Morgan fingerprint density at radius 2 is 2.06 bits per heavy atom. The van der Waals surface area contributed by atoms with E-state index in [0.29, 0.717) is 10.0 Å². The largest absolute Gasteiger partial charge is 0.252 e. The van der Waals surface area contributed by atoms with Gasteiger partial charge in [0.05, 0.1) is 10.0 Å². The molecule has 2 rings (SSSR count). The molecule has 4 nitrogen and oxygen atoms in total. The lowest BCUT2D eigenvalue weighted by molar-refractivity contribution is 0.583. The van der Waals surface area contributed by atoms with Gasteiger partial charge in [-0.15, -0.1) is 11.3 Å². The van der Waals surface area contributed by atoms with Crippen LogP contribution in [0.1, 0.15) is 10.6 Å². The van der Waals surface area contributed by atoms with Crippen LogP contribution < -0.4 is 4.72 Å². The van der Waals surface area contributed by atoms with Crippen molar-refractivity contribution < 1.29 is 8.42 Å². The van der Waals surface area contributed by atoms with Crippen LogP contribution in [0.3, 0.4) is 0 Å². The van der Waals surface area contributed by atoms with E-state index in [1.54, 1.807) is 19.1 Å². The molecule has 0 unspecified atom stereocenters. The molecule has 1 N–H and O–H groups in total. The van der Waals surface area contributed by atoms with Crippen molar-refractivity contribution in [1.82, 2.24) is 9.71 Å². The van der Waals surface area contributed by atoms with Crippen LogP contribution in [0.2, 0.25) is 8.80 Å². The monoisotopic (exact) mass is 342 g/mol. The van der Waals surface area contributed by atoms with E-state index < -0.39 is 10.0 Å². The fraction of sp³-hybridized carbons (Fsp3) is 0.222. The molecule has 0 spiro atoms. The van der Waals surface area contributed by atoms with Crippen LogP contribution in [0.25, 0.3) is 0 Å². The molecule has 0 fully saturated rings. The van der Waals surface area contributed by atoms with E-state index in [-0.39, 0.29) is 15.2 Å². The number of halogens is 2. The number of thiazole rings is 1. The van der Waals surface area contributed by atoms with E-state index in [9.17, 15) is 8.42 Å². The minimum atomic E-state index is -3.57. The van der Waals surface area contributed by atoms with E-state index in [0.717, 1.165) is 16.2 Å². The Balaban J connectivity index is 2.15. The SMILES string of the molecule is Cc1nc(Cl)sc1S(=O)(=O)NCc1ccc(Cl)s1. The number of rotatable bonds is 4. The van der Waals surface area contributed by atoms with Crippen molar-refractivity contribution in [3.8, 4) is 0 Å². The lowest BCUT2D eigenvalue weighted by Crippen LogP contribution is -2.22. The molecule has 0 atom stereocenters. The van der Waals surface area contributed by atoms with Crippen molar-refractivity contribution in [2.24, 2.45) is 0 Å². The Labute approximate surface area is 123 Å². The molecular weight excluding hydrogens is 335 g/mol. The van der Waals surface area contributed by atoms with Gasteiger partial charge >= 0.3 is 0 Å². The molecule has 2 aromatic heterocycles. The molecule has 2 heterocycles. The summed E-state index contributed by atoms with van der Waals surface area (Å²) < 4.78 is 27.5. The molecule has 18 heavy (non-hydrogen) atoms. The molecule has 0 bridgehead atoms. The van der Waals surface area contributed by atoms with Crippen LogP contribution in [0.15, 0.2) is 16.3 Å². The first-order valence-corrected chi connectivity index (χ1v) is 8.62. The smallest absolute Gasteiger partial charge is 0.229 e. The van der Waals surface area contributed by atoms with Crippen LogP contribution in [-0.4, -0.2) is 13.4 Å². The number of hydrogen-bond donors (Lipinski definition) is 1. The van der Waals surface area contributed by atoms with Gasteiger partial charge in [-0.2, -0.15) is 0 Å². The van der Waals surface area contributed by atoms with Crippen LogP contribution >= 0.6 is 45.9 Å². The van der Waals surface area contributed by atoms with Crippen molar-refractivity contribution in [3.63, 3.8) is 0 Å². The number of sulfonamides is 1. The molecule has 0 aromatic carbocycles. The summed E-state index contributed by atoms with van der Waals surface area (Å²) >= 11 is 13.7. The summed E-state index contributed by atoms with van der Waals surface area (Å²) in [7, 11) is -3.57. The molecule has 0 saturated carbocycles. The zero-order valence-electron chi connectivity index (χ0n) is 9.11. The summed E-state index contributed by atoms with van der Waals surface area (Å²) in [5, 5.41) is 0. The van der Waals surface area contributed by atoms with Crippen LogP contribution in [0, 0.1) is 6.92 Å². The van der Waals surface area contributed by atoms with Gasteiger partial charge in [0, 0.05) is 11.4 Å².